The average molecular weight is 434 g/mol. The summed E-state index contributed by atoms with van der Waals surface area (Å²) >= 11 is 0. The number of hydrogen-bond donors (Lipinski definition) is 1. The van der Waals surface area contributed by atoms with Gasteiger partial charge in [0, 0.05) is 17.8 Å². The molecule has 3 aromatic carbocycles. The Bertz CT molecular complexity index is 1060. The van der Waals surface area contributed by atoms with Gasteiger partial charge in [-0.3, -0.25) is 4.99 Å². The molecule has 166 valence electrons. The van der Waals surface area contributed by atoms with Crippen LogP contribution in [-0.2, 0) is 0 Å². The van der Waals surface area contributed by atoms with Crippen molar-refractivity contribution in [2.45, 2.75) is 26.7 Å². The van der Waals surface area contributed by atoms with Gasteiger partial charge in [0.15, 0.2) is 0 Å². The fraction of sp³-hybridized carbons (Fsp3) is 0.231. The second-order valence-electron chi connectivity index (χ2n) is 7.00. The number of phenols is 1. The number of hydrogen-bond acceptors (Lipinski definition) is 6. The quantitative estimate of drug-likeness (QED) is 0.185. The third kappa shape index (κ3) is 6.35. The van der Waals surface area contributed by atoms with E-state index < -0.39 is 5.97 Å². The molecule has 32 heavy (non-hydrogen) atoms. The molecule has 0 radical (unpaired) electrons. The Morgan fingerprint density at radius 2 is 1.72 bits per heavy atom. The van der Waals surface area contributed by atoms with Crippen LogP contribution < -0.4 is 14.2 Å². The summed E-state index contributed by atoms with van der Waals surface area (Å²) in [4.78, 5) is 16.8. The Balaban J connectivity index is 1.64. The fourth-order valence-electron chi connectivity index (χ4n) is 2.86. The van der Waals surface area contributed by atoms with Crippen molar-refractivity contribution >= 4 is 17.9 Å². The number of ether oxygens (including phenoxy) is 3. The zero-order valence-corrected chi connectivity index (χ0v) is 18.3. The minimum atomic E-state index is -0.517. The van der Waals surface area contributed by atoms with Crippen molar-refractivity contribution in [2.24, 2.45) is 4.99 Å². The third-order valence-electron chi connectivity index (χ3n) is 4.58. The highest BCUT2D eigenvalue weighted by molar-refractivity contribution is 5.91. The van der Waals surface area contributed by atoms with Gasteiger partial charge in [-0.05, 0) is 61.9 Å². The second kappa shape index (κ2) is 11.6. The van der Waals surface area contributed by atoms with E-state index in [9.17, 15) is 9.90 Å². The molecule has 0 amide bonds. The van der Waals surface area contributed by atoms with Crippen LogP contribution in [0.5, 0.6) is 23.0 Å². The second-order valence-corrected chi connectivity index (χ2v) is 7.00. The van der Waals surface area contributed by atoms with Gasteiger partial charge < -0.3 is 19.3 Å². The van der Waals surface area contributed by atoms with Crippen LogP contribution in [0, 0.1) is 0 Å². The first kappa shape index (κ1) is 22.9. The summed E-state index contributed by atoms with van der Waals surface area (Å²) in [6.45, 7) is 5.18. The molecule has 6 heteroatoms. The number of aliphatic imine (C=N–C) groups is 1. The maximum Gasteiger partial charge on any atom is 0.343 e. The van der Waals surface area contributed by atoms with Crippen molar-refractivity contribution in [2.75, 3.05) is 13.2 Å². The van der Waals surface area contributed by atoms with E-state index in [2.05, 4.69) is 11.9 Å². The average Bonchev–Trinajstić information content (AvgIpc) is 2.80. The van der Waals surface area contributed by atoms with Crippen LogP contribution in [0.25, 0.3) is 0 Å². The van der Waals surface area contributed by atoms with E-state index in [1.54, 1.807) is 36.4 Å². The Morgan fingerprint density at radius 1 is 0.969 bits per heavy atom. The number of nitrogens with zero attached hydrogens (tertiary/aromatic N) is 1. The third-order valence-corrected chi connectivity index (χ3v) is 4.58. The van der Waals surface area contributed by atoms with E-state index in [0.29, 0.717) is 41.5 Å². The molecule has 0 aromatic heterocycles. The number of phenolic OH excluding ortho intramolecular Hbond substituents is 1. The molecular formula is C26H27NO5. The first-order valence-corrected chi connectivity index (χ1v) is 10.6. The van der Waals surface area contributed by atoms with E-state index in [-0.39, 0.29) is 11.5 Å². The summed E-state index contributed by atoms with van der Waals surface area (Å²) in [5, 5.41) is 10.3. The zero-order valence-electron chi connectivity index (χ0n) is 18.3. The van der Waals surface area contributed by atoms with Gasteiger partial charge in [-0.2, -0.15) is 0 Å². The van der Waals surface area contributed by atoms with Crippen LogP contribution in [0.15, 0.2) is 71.7 Å². The molecule has 0 bridgehead atoms. The largest absolute Gasteiger partial charge is 0.507 e. The van der Waals surface area contributed by atoms with Crippen molar-refractivity contribution in [1.29, 1.82) is 0 Å². The van der Waals surface area contributed by atoms with Crippen LogP contribution in [0.3, 0.4) is 0 Å². The van der Waals surface area contributed by atoms with Gasteiger partial charge in [-0.1, -0.05) is 25.5 Å². The molecule has 0 aliphatic rings. The summed E-state index contributed by atoms with van der Waals surface area (Å²) in [7, 11) is 0. The van der Waals surface area contributed by atoms with Gasteiger partial charge >= 0.3 is 5.97 Å². The first-order valence-electron chi connectivity index (χ1n) is 10.6. The van der Waals surface area contributed by atoms with E-state index in [4.69, 9.17) is 14.2 Å². The topological polar surface area (TPSA) is 77.4 Å². The van der Waals surface area contributed by atoms with Gasteiger partial charge in [0.1, 0.15) is 28.7 Å². The highest BCUT2D eigenvalue weighted by atomic mass is 16.5. The van der Waals surface area contributed by atoms with E-state index in [1.165, 1.54) is 12.3 Å². The SMILES string of the molecule is CCCCOc1ccc(C(=O)Oc2ccc(C=Nc3ccccc3OCC)c(O)c2)cc1. The molecule has 3 rings (SSSR count). The summed E-state index contributed by atoms with van der Waals surface area (Å²) < 4.78 is 16.5. The Morgan fingerprint density at radius 3 is 2.44 bits per heavy atom. The van der Waals surface area contributed by atoms with Crippen molar-refractivity contribution in [3.05, 3.63) is 77.9 Å². The lowest BCUT2D eigenvalue weighted by Gasteiger charge is -2.08. The smallest absolute Gasteiger partial charge is 0.343 e. The van der Waals surface area contributed by atoms with E-state index >= 15 is 0 Å². The molecule has 6 nitrogen and oxygen atoms in total. The maximum absolute atomic E-state index is 12.4. The Kier molecular flexibility index (Phi) is 8.26. The van der Waals surface area contributed by atoms with Gasteiger partial charge in [0.2, 0.25) is 0 Å². The summed E-state index contributed by atoms with van der Waals surface area (Å²) in [5.41, 5.74) is 1.54. The summed E-state index contributed by atoms with van der Waals surface area (Å²) in [6, 6.07) is 18.8. The lowest BCUT2D eigenvalue weighted by molar-refractivity contribution is 0.0734. The normalized spacial score (nSPS) is 10.8. The minimum absolute atomic E-state index is 0.0485. The molecule has 0 aliphatic heterocycles. The van der Waals surface area contributed by atoms with Crippen LogP contribution in [-0.4, -0.2) is 30.5 Å². The predicted octanol–water partition coefficient (Wildman–Crippen LogP) is 5.94. The minimum Gasteiger partial charge on any atom is -0.507 e. The number of para-hydroxylation sites is 2. The van der Waals surface area contributed by atoms with Crippen LogP contribution in [0.4, 0.5) is 5.69 Å². The Hall–Kier alpha value is -3.80. The van der Waals surface area contributed by atoms with E-state index in [0.717, 1.165) is 12.8 Å². The van der Waals surface area contributed by atoms with Crippen molar-refractivity contribution < 1.29 is 24.1 Å². The highest BCUT2D eigenvalue weighted by Crippen LogP contribution is 2.28. The zero-order chi connectivity index (χ0) is 22.8. The standard InChI is InChI=1S/C26H27NO5/c1-3-5-16-31-21-13-10-19(11-14-21)26(29)32-22-15-12-20(24(28)17-22)18-27-23-8-6-7-9-25(23)30-4-2/h6-15,17-18,28H,3-5,16H2,1-2H3. The number of carbonyl (C=O) groups is 1. The Labute approximate surface area is 188 Å². The number of carbonyl (C=O) groups excluding carboxylic acids is 1. The van der Waals surface area contributed by atoms with Gasteiger partial charge in [-0.25, -0.2) is 4.79 Å². The molecule has 0 fully saturated rings. The lowest BCUT2D eigenvalue weighted by Crippen LogP contribution is -2.08. The number of esters is 1. The molecule has 0 atom stereocenters. The fourth-order valence-corrected chi connectivity index (χ4v) is 2.86. The molecule has 0 aliphatic carbocycles. The van der Waals surface area contributed by atoms with Crippen LogP contribution in [0.2, 0.25) is 0 Å². The predicted molar refractivity (Wildman–Crippen MR) is 125 cm³/mol. The van der Waals surface area contributed by atoms with Crippen LogP contribution >= 0.6 is 0 Å². The molecule has 0 saturated heterocycles. The van der Waals surface area contributed by atoms with Crippen molar-refractivity contribution in [3.8, 4) is 23.0 Å². The molecule has 0 saturated carbocycles. The summed E-state index contributed by atoms with van der Waals surface area (Å²) in [5.74, 6) is 1.05. The number of unbranched alkanes of at least 4 members (excludes halogenated alkanes) is 1. The molecule has 1 N–H and O–H groups in total. The molecule has 0 spiro atoms. The number of rotatable bonds is 10. The summed E-state index contributed by atoms with van der Waals surface area (Å²) in [6.07, 6.45) is 3.57. The monoisotopic (exact) mass is 433 g/mol. The molecule has 3 aromatic rings. The van der Waals surface area contributed by atoms with Gasteiger partial charge in [0.05, 0.1) is 18.8 Å². The van der Waals surface area contributed by atoms with E-state index in [1.807, 2.05) is 31.2 Å². The highest BCUT2D eigenvalue weighted by Gasteiger charge is 2.11. The van der Waals surface area contributed by atoms with Crippen molar-refractivity contribution in [1.82, 2.24) is 0 Å². The molecule has 0 unspecified atom stereocenters. The maximum atomic E-state index is 12.4. The number of aromatic hydroxyl groups is 1. The molecule has 0 heterocycles. The first-order chi connectivity index (χ1) is 15.6. The lowest BCUT2D eigenvalue weighted by atomic mass is 10.2. The van der Waals surface area contributed by atoms with Crippen LogP contribution in [0.1, 0.15) is 42.6 Å². The molecular weight excluding hydrogens is 406 g/mol. The van der Waals surface area contributed by atoms with Gasteiger partial charge in [0.25, 0.3) is 0 Å². The van der Waals surface area contributed by atoms with Gasteiger partial charge in [-0.15, -0.1) is 0 Å². The number of benzene rings is 3. The van der Waals surface area contributed by atoms with Crippen molar-refractivity contribution in [3.63, 3.8) is 0 Å².